The van der Waals surface area contributed by atoms with Gasteiger partial charge in [0.05, 0.1) is 0 Å². The lowest BCUT2D eigenvalue weighted by Gasteiger charge is -2.30. The van der Waals surface area contributed by atoms with Crippen LogP contribution in [-0.2, 0) is 0 Å². The summed E-state index contributed by atoms with van der Waals surface area (Å²) < 4.78 is 0.730. The Morgan fingerprint density at radius 2 is 2.47 bits per heavy atom. The van der Waals surface area contributed by atoms with Crippen LogP contribution in [0.5, 0.6) is 0 Å². The van der Waals surface area contributed by atoms with Crippen molar-refractivity contribution in [3.05, 3.63) is 28.5 Å². The molecule has 0 aromatic carbocycles. The lowest BCUT2D eigenvalue weighted by atomic mass is 10.00. The molecular formula is C12H16BrN3O. The maximum absolute atomic E-state index is 12.0. The average Bonchev–Trinajstić information content (AvgIpc) is 2.32. The van der Waals surface area contributed by atoms with Gasteiger partial charge in [-0.05, 0) is 54.4 Å². The fourth-order valence-electron chi connectivity index (χ4n) is 2.03. The Balaban J connectivity index is 2.04. The highest BCUT2D eigenvalue weighted by Crippen LogP contribution is 2.14. The van der Waals surface area contributed by atoms with E-state index in [9.17, 15) is 4.79 Å². The average molecular weight is 298 g/mol. The molecule has 0 radical (unpaired) electrons. The number of nitrogens with zero attached hydrogens (tertiary/aromatic N) is 1. The number of pyridine rings is 1. The molecule has 17 heavy (non-hydrogen) atoms. The number of carbonyl (C=O) groups is 1. The SMILES string of the molecule is CC1NCCCC1NC(=O)c1ncccc1Br. The number of halogens is 1. The van der Waals surface area contributed by atoms with Gasteiger partial charge in [0.2, 0.25) is 0 Å². The van der Waals surface area contributed by atoms with Crippen molar-refractivity contribution < 1.29 is 4.79 Å². The molecule has 1 aliphatic heterocycles. The van der Waals surface area contributed by atoms with Crippen LogP contribution in [0.3, 0.4) is 0 Å². The smallest absolute Gasteiger partial charge is 0.271 e. The second-order valence-corrected chi connectivity index (χ2v) is 5.15. The topological polar surface area (TPSA) is 54.0 Å². The Kier molecular flexibility index (Phi) is 4.12. The summed E-state index contributed by atoms with van der Waals surface area (Å²) >= 11 is 3.34. The Hall–Kier alpha value is -0.940. The van der Waals surface area contributed by atoms with Gasteiger partial charge in [0.15, 0.2) is 0 Å². The van der Waals surface area contributed by atoms with Crippen molar-refractivity contribution in [2.75, 3.05) is 6.54 Å². The van der Waals surface area contributed by atoms with E-state index in [1.807, 2.05) is 6.07 Å². The molecule has 2 rings (SSSR count). The van der Waals surface area contributed by atoms with Gasteiger partial charge in [-0.2, -0.15) is 0 Å². The lowest BCUT2D eigenvalue weighted by Crippen LogP contribution is -2.52. The third-order valence-electron chi connectivity index (χ3n) is 3.05. The third-order valence-corrected chi connectivity index (χ3v) is 3.69. The summed E-state index contributed by atoms with van der Waals surface area (Å²) in [5.41, 5.74) is 0.449. The second-order valence-electron chi connectivity index (χ2n) is 4.30. The third kappa shape index (κ3) is 3.04. The van der Waals surface area contributed by atoms with E-state index in [1.54, 1.807) is 12.3 Å². The molecule has 1 aliphatic rings. The van der Waals surface area contributed by atoms with Crippen LogP contribution in [0.4, 0.5) is 0 Å². The minimum atomic E-state index is -0.113. The number of hydrogen-bond donors (Lipinski definition) is 2. The van der Waals surface area contributed by atoms with E-state index >= 15 is 0 Å². The molecule has 2 heterocycles. The summed E-state index contributed by atoms with van der Waals surface area (Å²) in [4.78, 5) is 16.1. The summed E-state index contributed by atoms with van der Waals surface area (Å²) in [7, 11) is 0. The first-order valence-corrected chi connectivity index (χ1v) is 6.62. The molecule has 1 amide bonds. The van der Waals surface area contributed by atoms with E-state index < -0.39 is 0 Å². The van der Waals surface area contributed by atoms with Gasteiger partial charge in [-0.3, -0.25) is 4.79 Å². The maximum Gasteiger partial charge on any atom is 0.271 e. The first-order valence-electron chi connectivity index (χ1n) is 5.83. The van der Waals surface area contributed by atoms with Crippen LogP contribution in [0.2, 0.25) is 0 Å². The van der Waals surface area contributed by atoms with Gasteiger partial charge in [0, 0.05) is 22.8 Å². The molecule has 0 bridgehead atoms. The van der Waals surface area contributed by atoms with E-state index in [1.165, 1.54) is 0 Å². The van der Waals surface area contributed by atoms with Crippen LogP contribution in [0.25, 0.3) is 0 Å². The molecule has 2 unspecified atom stereocenters. The summed E-state index contributed by atoms with van der Waals surface area (Å²) in [6, 6.07) is 4.12. The van der Waals surface area contributed by atoms with Crippen molar-refractivity contribution in [1.82, 2.24) is 15.6 Å². The minimum absolute atomic E-state index is 0.113. The summed E-state index contributed by atoms with van der Waals surface area (Å²) in [6.45, 7) is 3.12. The molecule has 0 aliphatic carbocycles. The first kappa shape index (κ1) is 12.5. The predicted octanol–water partition coefficient (Wildman–Crippen LogP) is 1.71. The number of aromatic nitrogens is 1. The zero-order chi connectivity index (χ0) is 12.3. The molecule has 92 valence electrons. The van der Waals surface area contributed by atoms with E-state index in [2.05, 4.69) is 38.5 Å². The van der Waals surface area contributed by atoms with Crippen LogP contribution < -0.4 is 10.6 Å². The van der Waals surface area contributed by atoms with E-state index in [-0.39, 0.29) is 11.9 Å². The Morgan fingerprint density at radius 3 is 3.18 bits per heavy atom. The highest BCUT2D eigenvalue weighted by molar-refractivity contribution is 9.10. The summed E-state index contributed by atoms with van der Waals surface area (Å²) in [6.07, 6.45) is 3.74. The number of amides is 1. The number of nitrogens with one attached hydrogen (secondary N) is 2. The van der Waals surface area contributed by atoms with Crippen molar-refractivity contribution in [3.8, 4) is 0 Å². The van der Waals surface area contributed by atoms with E-state index in [0.717, 1.165) is 23.9 Å². The molecule has 1 saturated heterocycles. The highest BCUT2D eigenvalue weighted by Gasteiger charge is 2.23. The number of piperidine rings is 1. The summed E-state index contributed by atoms with van der Waals surface area (Å²) in [5.74, 6) is -0.113. The molecule has 4 nitrogen and oxygen atoms in total. The molecular weight excluding hydrogens is 282 g/mol. The van der Waals surface area contributed by atoms with Crippen LogP contribution in [0.15, 0.2) is 22.8 Å². The first-order chi connectivity index (χ1) is 8.18. The van der Waals surface area contributed by atoms with Crippen molar-refractivity contribution >= 4 is 21.8 Å². The number of carbonyl (C=O) groups excluding carboxylic acids is 1. The fourth-order valence-corrected chi connectivity index (χ4v) is 2.47. The quantitative estimate of drug-likeness (QED) is 0.874. The predicted molar refractivity (Wildman–Crippen MR) is 69.9 cm³/mol. The normalized spacial score (nSPS) is 24.4. The van der Waals surface area contributed by atoms with Gasteiger partial charge in [-0.15, -0.1) is 0 Å². The fraction of sp³-hybridized carbons (Fsp3) is 0.500. The van der Waals surface area contributed by atoms with Gasteiger partial charge in [0.25, 0.3) is 5.91 Å². The molecule has 2 N–H and O–H groups in total. The Bertz CT molecular complexity index is 410. The maximum atomic E-state index is 12.0. The molecule has 2 atom stereocenters. The van der Waals surface area contributed by atoms with Crippen LogP contribution >= 0.6 is 15.9 Å². The van der Waals surface area contributed by atoms with Crippen LogP contribution in [0.1, 0.15) is 30.3 Å². The molecule has 5 heteroatoms. The van der Waals surface area contributed by atoms with Gasteiger partial charge in [0.1, 0.15) is 5.69 Å². The Morgan fingerprint density at radius 1 is 1.65 bits per heavy atom. The van der Waals surface area contributed by atoms with E-state index in [4.69, 9.17) is 0 Å². The second kappa shape index (κ2) is 5.60. The minimum Gasteiger partial charge on any atom is -0.346 e. The monoisotopic (exact) mass is 297 g/mol. The van der Waals surface area contributed by atoms with E-state index in [0.29, 0.717) is 11.7 Å². The van der Waals surface area contributed by atoms with Crippen LogP contribution in [-0.4, -0.2) is 29.5 Å². The number of hydrogen-bond acceptors (Lipinski definition) is 3. The zero-order valence-corrected chi connectivity index (χ0v) is 11.3. The van der Waals surface area contributed by atoms with Gasteiger partial charge < -0.3 is 10.6 Å². The summed E-state index contributed by atoms with van der Waals surface area (Å²) in [5, 5.41) is 6.39. The molecule has 1 aromatic rings. The Labute approximate surface area is 109 Å². The van der Waals surface area contributed by atoms with Crippen LogP contribution in [0, 0.1) is 0 Å². The zero-order valence-electron chi connectivity index (χ0n) is 9.74. The standard InChI is InChI=1S/C12H16BrN3O/c1-8-10(5-3-6-14-8)16-12(17)11-9(13)4-2-7-15-11/h2,4,7-8,10,14H,3,5-6H2,1H3,(H,16,17). The molecule has 0 saturated carbocycles. The molecule has 1 aromatic heterocycles. The van der Waals surface area contributed by atoms with Crippen molar-refractivity contribution in [1.29, 1.82) is 0 Å². The molecule has 1 fully saturated rings. The van der Waals surface area contributed by atoms with Gasteiger partial charge in [-0.25, -0.2) is 4.98 Å². The van der Waals surface area contributed by atoms with Crippen molar-refractivity contribution in [3.63, 3.8) is 0 Å². The van der Waals surface area contributed by atoms with Crippen molar-refractivity contribution in [2.45, 2.75) is 31.8 Å². The number of rotatable bonds is 2. The van der Waals surface area contributed by atoms with Gasteiger partial charge >= 0.3 is 0 Å². The molecule has 0 spiro atoms. The lowest BCUT2D eigenvalue weighted by molar-refractivity contribution is 0.0914. The largest absolute Gasteiger partial charge is 0.346 e. The van der Waals surface area contributed by atoms with Gasteiger partial charge in [-0.1, -0.05) is 0 Å². The highest BCUT2D eigenvalue weighted by atomic mass is 79.9. The van der Waals surface area contributed by atoms with Crippen molar-refractivity contribution in [2.24, 2.45) is 0 Å².